The summed E-state index contributed by atoms with van der Waals surface area (Å²) in [5, 5.41) is 0. The van der Waals surface area contributed by atoms with E-state index in [9.17, 15) is 0 Å². The van der Waals surface area contributed by atoms with Gasteiger partial charge in [-0.3, -0.25) is 0 Å². The van der Waals surface area contributed by atoms with Gasteiger partial charge in [0.25, 0.3) is 0 Å². The van der Waals surface area contributed by atoms with Gasteiger partial charge in [-0.05, 0) is 13.8 Å². The Labute approximate surface area is 87.5 Å². The fourth-order valence-electron chi connectivity index (χ4n) is 0.562. The van der Waals surface area contributed by atoms with Crippen LogP contribution >= 0.6 is 0 Å². The van der Waals surface area contributed by atoms with Crippen LogP contribution < -0.4 is 24.0 Å². The maximum Gasteiger partial charge on any atom is 0.102 e. The minimum absolute atomic E-state index is 0. The molecule has 0 fully saturated rings. The predicted octanol–water partition coefficient (Wildman–Crippen LogP) is -1.88. The van der Waals surface area contributed by atoms with E-state index in [0.29, 0.717) is 6.10 Å². The molecule has 0 aromatic rings. The van der Waals surface area contributed by atoms with E-state index in [1.807, 2.05) is 0 Å². The predicted molar refractivity (Wildman–Crippen MR) is 44.0 cm³/mol. The Morgan fingerprint density at radius 3 is 1.91 bits per heavy atom. The van der Waals surface area contributed by atoms with Gasteiger partial charge in [0, 0.05) is 0 Å². The first-order valence-corrected chi connectivity index (χ1v) is 3.84. The number of ether oxygens (including phenoxy) is 1. The van der Waals surface area contributed by atoms with Crippen LogP contribution in [-0.2, 0) is 4.74 Å². The molecule has 0 aliphatic heterocycles. The topological polar surface area (TPSA) is 9.23 Å². The third kappa shape index (κ3) is 13.6. The monoisotopic (exact) mass is 273 g/mol. The maximum atomic E-state index is 5.40. The number of quaternary nitrogens is 1. The lowest BCUT2D eigenvalue weighted by molar-refractivity contribution is -0.870. The second-order valence-corrected chi connectivity index (χ2v) is 3.93. The molecule has 0 aromatic carbocycles. The molecule has 3 heteroatoms. The lowest BCUT2D eigenvalue weighted by Crippen LogP contribution is -3.00. The third-order valence-electron chi connectivity index (χ3n) is 1.21. The normalized spacial score (nSPS) is 11.5. The highest BCUT2D eigenvalue weighted by Gasteiger charge is 2.05. The molecule has 0 N–H and O–H groups in total. The molecule has 2 nitrogen and oxygen atoms in total. The number of likely N-dealkylation sites (N-methyl/N-ethyl adjacent to an activating group) is 1. The van der Waals surface area contributed by atoms with Crippen molar-refractivity contribution in [3.05, 3.63) is 0 Å². The number of nitrogens with zero attached hydrogens (tertiary/aromatic N) is 1. The molecule has 0 aliphatic carbocycles. The molecule has 0 amide bonds. The molecule has 0 unspecified atom stereocenters. The van der Waals surface area contributed by atoms with Gasteiger partial charge >= 0.3 is 0 Å². The summed E-state index contributed by atoms with van der Waals surface area (Å²) in [6.07, 6.45) is 0.367. The first-order valence-electron chi connectivity index (χ1n) is 3.84. The third-order valence-corrected chi connectivity index (χ3v) is 1.21. The lowest BCUT2D eigenvalue weighted by Gasteiger charge is -2.24. The quantitative estimate of drug-likeness (QED) is 0.430. The molecule has 0 aliphatic rings. The van der Waals surface area contributed by atoms with Crippen molar-refractivity contribution in [1.82, 2.24) is 0 Å². The van der Waals surface area contributed by atoms with Gasteiger partial charge in [-0.25, -0.2) is 0 Å². The van der Waals surface area contributed by atoms with Crippen LogP contribution in [-0.4, -0.2) is 44.9 Å². The van der Waals surface area contributed by atoms with Gasteiger partial charge in [0.05, 0.1) is 33.9 Å². The summed E-state index contributed by atoms with van der Waals surface area (Å²) in [6.45, 7) is 6.07. The number of halogens is 1. The zero-order valence-electron chi connectivity index (χ0n) is 8.22. The molecule has 0 saturated carbocycles. The van der Waals surface area contributed by atoms with Crippen molar-refractivity contribution in [2.45, 2.75) is 20.0 Å². The highest BCUT2D eigenvalue weighted by molar-refractivity contribution is 4.35. The maximum absolute atomic E-state index is 5.40. The Hall–Kier alpha value is 0.650. The summed E-state index contributed by atoms with van der Waals surface area (Å²) < 4.78 is 6.38. The van der Waals surface area contributed by atoms with Crippen LogP contribution in [0.3, 0.4) is 0 Å². The second-order valence-electron chi connectivity index (χ2n) is 3.93. The minimum Gasteiger partial charge on any atom is -1.00 e. The van der Waals surface area contributed by atoms with Gasteiger partial charge in [-0.1, -0.05) is 0 Å². The highest BCUT2D eigenvalue weighted by Crippen LogP contribution is 1.92. The number of hydrogen-bond acceptors (Lipinski definition) is 1. The van der Waals surface area contributed by atoms with Crippen LogP contribution in [0.1, 0.15) is 13.8 Å². The molecule has 11 heavy (non-hydrogen) atoms. The van der Waals surface area contributed by atoms with E-state index in [-0.39, 0.29) is 24.0 Å². The molecular weight excluding hydrogens is 253 g/mol. The lowest BCUT2D eigenvalue weighted by atomic mass is 10.5. The Kier molecular flexibility index (Phi) is 7.99. The second kappa shape index (κ2) is 6.20. The van der Waals surface area contributed by atoms with Crippen LogP contribution in [0.25, 0.3) is 0 Å². The van der Waals surface area contributed by atoms with Crippen molar-refractivity contribution in [2.24, 2.45) is 0 Å². The number of hydrogen-bond donors (Lipinski definition) is 0. The van der Waals surface area contributed by atoms with E-state index in [1.165, 1.54) is 0 Å². The summed E-state index contributed by atoms with van der Waals surface area (Å²) in [5.74, 6) is 0. The average molecular weight is 273 g/mol. The molecule has 0 heterocycles. The number of rotatable bonds is 4. The van der Waals surface area contributed by atoms with Crippen molar-refractivity contribution >= 4 is 0 Å². The van der Waals surface area contributed by atoms with Crippen molar-refractivity contribution in [2.75, 3.05) is 34.3 Å². The Morgan fingerprint density at radius 2 is 1.64 bits per heavy atom. The van der Waals surface area contributed by atoms with Crippen molar-refractivity contribution < 1.29 is 33.2 Å². The first kappa shape index (κ1) is 14.2. The smallest absolute Gasteiger partial charge is 0.102 e. The van der Waals surface area contributed by atoms with Gasteiger partial charge in [0.15, 0.2) is 0 Å². The molecular formula is C8H20INO. The summed E-state index contributed by atoms with van der Waals surface area (Å²) in [4.78, 5) is 0. The minimum atomic E-state index is 0. The highest BCUT2D eigenvalue weighted by atomic mass is 127. The molecule has 0 spiro atoms. The summed E-state index contributed by atoms with van der Waals surface area (Å²) in [7, 11) is 6.51. The summed E-state index contributed by atoms with van der Waals surface area (Å²) in [5.41, 5.74) is 0. The van der Waals surface area contributed by atoms with E-state index in [2.05, 4.69) is 35.0 Å². The Balaban J connectivity index is 0. The first-order chi connectivity index (χ1) is 4.42. The van der Waals surface area contributed by atoms with Crippen LogP contribution in [0.2, 0.25) is 0 Å². The fourth-order valence-corrected chi connectivity index (χ4v) is 0.562. The molecule has 0 bridgehead atoms. The largest absolute Gasteiger partial charge is 1.00 e. The molecule has 0 rings (SSSR count). The SMILES string of the molecule is CC(C)OCC[N+](C)(C)C.[I-]. The van der Waals surface area contributed by atoms with Gasteiger partial charge < -0.3 is 33.2 Å². The van der Waals surface area contributed by atoms with Crippen molar-refractivity contribution in [3.8, 4) is 0 Å². The van der Waals surface area contributed by atoms with E-state index in [0.717, 1.165) is 17.6 Å². The summed E-state index contributed by atoms with van der Waals surface area (Å²) in [6, 6.07) is 0. The Morgan fingerprint density at radius 1 is 1.18 bits per heavy atom. The fraction of sp³-hybridized carbons (Fsp3) is 1.00. The van der Waals surface area contributed by atoms with E-state index < -0.39 is 0 Å². The molecule has 0 aromatic heterocycles. The molecule has 0 radical (unpaired) electrons. The Bertz CT molecular complexity index is 88.6. The molecule has 0 saturated heterocycles. The van der Waals surface area contributed by atoms with Crippen LogP contribution in [0, 0.1) is 0 Å². The van der Waals surface area contributed by atoms with E-state index in [1.54, 1.807) is 0 Å². The van der Waals surface area contributed by atoms with Crippen LogP contribution in [0.4, 0.5) is 0 Å². The van der Waals surface area contributed by atoms with Gasteiger partial charge in [0.1, 0.15) is 6.54 Å². The van der Waals surface area contributed by atoms with Gasteiger partial charge in [-0.2, -0.15) is 0 Å². The van der Waals surface area contributed by atoms with Crippen molar-refractivity contribution in [3.63, 3.8) is 0 Å². The zero-order chi connectivity index (χ0) is 8.20. The average Bonchev–Trinajstić information content (AvgIpc) is 1.59. The van der Waals surface area contributed by atoms with Crippen LogP contribution in [0.15, 0.2) is 0 Å². The summed E-state index contributed by atoms with van der Waals surface area (Å²) >= 11 is 0. The standard InChI is InChI=1S/C8H20NO.HI/c1-8(2)10-7-6-9(3,4)5;/h8H,6-7H2,1-5H3;1H/q+1;/p-1. The zero-order valence-corrected chi connectivity index (χ0v) is 10.4. The molecule has 70 valence electrons. The molecule has 0 atom stereocenters. The van der Waals surface area contributed by atoms with E-state index in [4.69, 9.17) is 4.74 Å². The van der Waals surface area contributed by atoms with Crippen molar-refractivity contribution in [1.29, 1.82) is 0 Å². The van der Waals surface area contributed by atoms with Gasteiger partial charge in [0.2, 0.25) is 0 Å². The van der Waals surface area contributed by atoms with E-state index >= 15 is 0 Å². The van der Waals surface area contributed by atoms with Crippen LogP contribution in [0.5, 0.6) is 0 Å². The van der Waals surface area contributed by atoms with Gasteiger partial charge in [-0.15, -0.1) is 0 Å².